The molecule has 0 atom stereocenters. The zero-order valence-corrected chi connectivity index (χ0v) is 19.3. The summed E-state index contributed by atoms with van der Waals surface area (Å²) < 4.78 is 13.9. The molecule has 2 aromatic heterocycles. The number of rotatable bonds is 9. The summed E-state index contributed by atoms with van der Waals surface area (Å²) >= 11 is 0. The van der Waals surface area contributed by atoms with Crippen molar-refractivity contribution in [2.24, 2.45) is 0 Å². The highest BCUT2D eigenvalue weighted by atomic mass is 19.1. The molecule has 2 heterocycles. The Bertz CT molecular complexity index is 1230. The van der Waals surface area contributed by atoms with Crippen LogP contribution >= 0.6 is 0 Å². The van der Waals surface area contributed by atoms with E-state index in [-0.39, 0.29) is 5.82 Å². The summed E-state index contributed by atoms with van der Waals surface area (Å²) in [6.07, 6.45) is 11.7. The van der Waals surface area contributed by atoms with Crippen LogP contribution in [0.25, 0.3) is 11.1 Å². The molecule has 0 saturated heterocycles. The molecule has 0 radical (unpaired) electrons. The van der Waals surface area contributed by atoms with Crippen LogP contribution in [0.5, 0.6) is 0 Å². The second-order valence-corrected chi connectivity index (χ2v) is 7.55. The van der Waals surface area contributed by atoms with Crippen LogP contribution < -0.4 is 5.32 Å². The molecule has 0 unspecified atom stereocenters. The van der Waals surface area contributed by atoms with Crippen LogP contribution in [-0.2, 0) is 6.42 Å². The van der Waals surface area contributed by atoms with E-state index in [1.165, 1.54) is 12.1 Å². The van der Waals surface area contributed by atoms with Gasteiger partial charge in [-0.05, 0) is 60.4 Å². The highest BCUT2D eigenvalue weighted by molar-refractivity contribution is 5.80. The third kappa shape index (κ3) is 5.83. The molecule has 2 N–H and O–H groups in total. The van der Waals surface area contributed by atoms with Gasteiger partial charge >= 0.3 is 0 Å². The number of aromatic amines is 1. The Morgan fingerprint density at radius 2 is 2.00 bits per heavy atom. The SMILES string of the molecule is C=C/C=C(/c1cccc(F)c1)c1nc(CC(=C/C(=C)c2cccnc2)/C(=C\C)NC)[nH]c1C. The number of H-pyrrole nitrogens is 1. The maximum atomic E-state index is 13.9. The first-order chi connectivity index (χ1) is 16.0. The molecule has 0 aliphatic carbocycles. The Kier molecular flexibility index (Phi) is 7.92. The van der Waals surface area contributed by atoms with Gasteiger partial charge in [-0.1, -0.05) is 49.6 Å². The number of allylic oxidation sites excluding steroid dienone is 6. The number of halogens is 1. The number of nitrogens with zero attached hydrogens (tertiary/aromatic N) is 2. The lowest BCUT2D eigenvalue weighted by molar-refractivity contribution is 0.627. The van der Waals surface area contributed by atoms with E-state index in [9.17, 15) is 4.39 Å². The third-order valence-corrected chi connectivity index (χ3v) is 5.25. The molecule has 0 spiro atoms. The fourth-order valence-corrected chi connectivity index (χ4v) is 3.70. The van der Waals surface area contributed by atoms with Crippen LogP contribution in [0, 0.1) is 12.7 Å². The van der Waals surface area contributed by atoms with E-state index in [0.717, 1.165) is 50.8 Å². The quantitative estimate of drug-likeness (QED) is 0.391. The number of hydrogen-bond acceptors (Lipinski definition) is 3. The van der Waals surface area contributed by atoms with Crippen LogP contribution in [-0.4, -0.2) is 22.0 Å². The Morgan fingerprint density at radius 1 is 1.21 bits per heavy atom. The molecular formula is C28H29FN4. The van der Waals surface area contributed by atoms with E-state index in [4.69, 9.17) is 4.98 Å². The standard InChI is InChI=1S/C28H29FN4/c1-6-10-25(21-11-8-13-24(29)16-21)28-20(4)32-27(33-28)17-23(26(7-2)30-5)15-19(3)22-12-9-14-31-18-22/h6-16,18,30H,1,3,17H2,2,4-5H3,(H,32,33)/b23-15-,25-10-,26-7+. The largest absolute Gasteiger partial charge is 0.388 e. The Balaban J connectivity index is 1.99. The highest BCUT2D eigenvalue weighted by Gasteiger charge is 2.16. The van der Waals surface area contributed by atoms with Gasteiger partial charge in [0.25, 0.3) is 0 Å². The minimum Gasteiger partial charge on any atom is -0.388 e. The second-order valence-electron chi connectivity index (χ2n) is 7.55. The van der Waals surface area contributed by atoms with Gasteiger partial charge in [0.2, 0.25) is 0 Å². The normalized spacial score (nSPS) is 12.5. The lowest BCUT2D eigenvalue weighted by Crippen LogP contribution is -2.11. The number of benzene rings is 1. The van der Waals surface area contributed by atoms with Gasteiger partial charge in [0.1, 0.15) is 11.6 Å². The lowest BCUT2D eigenvalue weighted by Gasteiger charge is -2.12. The summed E-state index contributed by atoms with van der Waals surface area (Å²) in [7, 11) is 1.89. The van der Waals surface area contributed by atoms with Crippen molar-refractivity contribution in [1.29, 1.82) is 0 Å². The molecule has 0 saturated carbocycles. The summed E-state index contributed by atoms with van der Waals surface area (Å²) in [6, 6.07) is 10.4. The lowest BCUT2D eigenvalue weighted by atomic mass is 10.0. The molecule has 33 heavy (non-hydrogen) atoms. The molecule has 0 fully saturated rings. The highest BCUT2D eigenvalue weighted by Crippen LogP contribution is 2.27. The first-order valence-corrected chi connectivity index (χ1v) is 10.8. The maximum absolute atomic E-state index is 13.9. The second kappa shape index (κ2) is 11.0. The smallest absolute Gasteiger partial charge is 0.123 e. The molecule has 3 aromatic rings. The summed E-state index contributed by atoms with van der Waals surface area (Å²) in [4.78, 5) is 12.5. The van der Waals surface area contributed by atoms with Crippen molar-refractivity contribution in [3.05, 3.63) is 132 Å². The van der Waals surface area contributed by atoms with Gasteiger partial charge < -0.3 is 10.3 Å². The van der Waals surface area contributed by atoms with Crippen molar-refractivity contribution in [3.8, 4) is 0 Å². The van der Waals surface area contributed by atoms with Crippen LogP contribution in [0.3, 0.4) is 0 Å². The average Bonchev–Trinajstić information content (AvgIpc) is 3.18. The third-order valence-electron chi connectivity index (χ3n) is 5.25. The van der Waals surface area contributed by atoms with Crippen molar-refractivity contribution in [2.75, 3.05) is 7.05 Å². The molecule has 0 amide bonds. The molecule has 0 aliphatic rings. The van der Waals surface area contributed by atoms with Gasteiger partial charge in [0, 0.05) is 42.8 Å². The number of aryl methyl sites for hydroxylation is 1. The van der Waals surface area contributed by atoms with Crippen molar-refractivity contribution in [1.82, 2.24) is 20.3 Å². The summed E-state index contributed by atoms with van der Waals surface area (Å²) in [5.74, 6) is 0.510. The zero-order valence-electron chi connectivity index (χ0n) is 19.3. The van der Waals surface area contributed by atoms with E-state index in [1.54, 1.807) is 24.5 Å². The molecule has 168 valence electrons. The van der Waals surface area contributed by atoms with E-state index >= 15 is 0 Å². The summed E-state index contributed by atoms with van der Waals surface area (Å²) in [6.45, 7) is 12.0. The van der Waals surface area contributed by atoms with Crippen LogP contribution in [0.2, 0.25) is 0 Å². The van der Waals surface area contributed by atoms with Gasteiger partial charge in [-0.25, -0.2) is 9.37 Å². The van der Waals surface area contributed by atoms with Crippen molar-refractivity contribution >= 4 is 11.1 Å². The first kappa shape index (κ1) is 23.7. The van der Waals surface area contributed by atoms with Crippen LogP contribution in [0.4, 0.5) is 4.39 Å². The van der Waals surface area contributed by atoms with Gasteiger partial charge in [-0.3, -0.25) is 4.98 Å². The zero-order chi connectivity index (χ0) is 23.8. The molecule has 3 rings (SSSR count). The van der Waals surface area contributed by atoms with E-state index in [1.807, 2.05) is 57.3 Å². The number of aromatic nitrogens is 3. The number of hydrogen-bond donors (Lipinski definition) is 2. The molecule has 0 bridgehead atoms. The van der Waals surface area contributed by atoms with Crippen LogP contribution in [0.1, 0.15) is 35.3 Å². The maximum Gasteiger partial charge on any atom is 0.123 e. The summed E-state index contributed by atoms with van der Waals surface area (Å²) in [5.41, 5.74) is 7.09. The number of likely N-dealkylation sites (N-methyl/N-ethyl adjacent to an activating group) is 1. The Morgan fingerprint density at radius 3 is 2.64 bits per heavy atom. The molecule has 1 aromatic carbocycles. The predicted molar refractivity (Wildman–Crippen MR) is 135 cm³/mol. The van der Waals surface area contributed by atoms with E-state index < -0.39 is 0 Å². The van der Waals surface area contributed by atoms with Gasteiger partial charge in [0.05, 0.1) is 5.69 Å². The topological polar surface area (TPSA) is 53.6 Å². The van der Waals surface area contributed by atoms with Gasteiger partial charge in [-0.2, -0.15) is 0 Å². The van der Waals surface area contributed by atoms with E-state index in [2.05, 4.69) is 28.4 Å². The Labute approximate surface area is 195 Å². The minimum atomic E-state index is -0.290. The van der Waals surface area contributed by atoms with E-state index in [0.29, 0.717) is 6.42 Å². The fraction of sp³-hybridized carbons (Fsp3) is 0.143. The fourth-order valence-electron chi connectivity index (χ4n) is 3.70. The molecule has 4 nitrogen and oxygen atoms in total. The van der Waals surface area contributed by atoms with Gasteiger partial charge in [-0.15, -0.1) is 0 Å². The number of pyridine rings is 1. The monoisotopic (exact) mass is 440 g/mol. The van der Waals surface area contributed by atoms with Crippen molar-refractivity contribution in [3.63, 3.8) is 0 Å². The number of nitrogens with one attached hydrogen (secondary N) is 2. The molecular weight excluding hydrogens is 411 g/mol. The number of imidazole rings is 1. The summed E-state index contributed by atoms with van der Waals surface area (Å²) in [5, 5.41) is 3.25. The predicted octanol–water partition coefficient (Wildman–Crippen LogP) is 6.18. The van der Waals surface area contributed by atoms with Crippen molar-refractivity contribution in [2.45, 2.75) is 20.3 Å². The van der Waals surface area contributed by atoms with Crippen LogP contribution in [0.15, 0.2) is 97.5 Å². The minimum absolute atomic E-state index is 0.290. The van der Waals surface area contributed by atoms with Gasteiger partial charge in [0.15, 0.2) is 0 Å². The Hall–Kier alpha value is -3.99. The first-order valence-electron chi connectivity index (χ1n) is 10.8. The average molecular weight is 441 g/mol. The molecule has 0 aliphatic heterocycles. The molecule has 5 heteroatoms. The van der Waals surface area contributed by atoms with Crippen molar-refractivity contribution < 1.29 is 4.39 Å².